The Labute approximate surface area is 133 Å². The zero-order valence-corrected chi connectivity index (χ0v) is 13.2. The maximum absolute atomic E-state index is 12.9. The molecule has 0 heterocycles. The lowest BCUT2D eigenvalue weighted by atomic mass is 10.0. The predicted molar refractivity (Wildman–Crippen MR) is 83.3 cm³/mol. The lowest BCUT2D eigenvalue weighted by Crippen LogP contribution is -1.99. The molecule has 2 aromatic carbocycles. The van der Waals surface area contributed by atoms with Crippen molar-refractivity contribution in [1.29, 1.82) is 0 Å². The molecule has 0 saturated heterocycles. The second-order valence-electron chi connectivity index (χ2n) is 4.53. The van der Waals surface area contributed by atoms with Crippen molar-refractivity contribution in [2.24, 2.45) is 0 Å². The van der Waals surface area contributed by atoms with Crippen LogP contribution in [0.15, 0.2) is 36.4 Å². The summed E-state index contributed by atoms with van der Waals surface area (Å²) in [5.41, 5.74) is 1.68. The normalized spacial score (nSPS) is 12.0. The summed E-state index contributed by atoms with van der Waals surface area (Å²) in [5.74, 6) is 0.854. The Balaban J connectivity index is 2.26. The fourth-order valence-electron chi connectivity index (χ4n) is 2.05. The quantitative estimate of drug-likeness (QED) is 0.717. The number of hydrogen-bond donors (Lipinski definition) is 0. The maximum atomic E-state index is 12.9. The van der Waals surface area contributed by atoms with E-state index in [1.54, 1.807) is 38.5 Å². The van der Waals surface area contributed by atoms with Crippen molar-refractivity contribution in [2.45, 2.75) is 11.8 Å². The van der Waals surface area contributed by atoms with Crippen LogP contribution in [0.25, 0.3) is 0 Å². The number of rotatable bonds is 5. The zero-order chi connectivity index (χ0) is 15.4. The molecule has 0 spiro atoms. The molecule has 0 saturated carbocycles. The molecule has 1 unspecified atom stereocenters. The Bertz CT molecular complexity index is 614. The van der Waals surface area contributed by atoms with E-state index in [-0.39, 0.29) is 11.2 Å². The van der Waals surface area contributed by atoms with Gasteiger partial charge in [-0.15, -0.1) is 11.6 Å². The Morgan fingerprint density at radius 1 is 1.05 bits per heavy atom. The summed E-state index contributed by atoms with van der Waals surface area (Å²) in [7, 11) is 3.10. The molecule has 0 N–H and O–H groups in total. The molecule has 0 aliphatic carbocycles. The van der Waals surface area contributed by atoms with Crippen molar-refractivity contribution in [3.8, 4) is 11.5 Å². The summed E-state index contributed by atoms with van der Waals surface area (Å²) in [5, 5.41) is 0.164. The molecule has 0 aromatic heterocycles. The van der Waals surface area contributed by atoms with Crippen LogP contribution in [0.5, 0.6) is 11.5 Å². The van der Waals surface area contributed by atoms with Gasteiger partial charge in [-0.1, -0.05) is 23.7 Å². The van der Waals surface area contributed by atoms with Gasteiger partial charge in [0.15, 0.2) is 11.5 Å². The van der Waals surface area contributed by atoms with Crippen molar-refractivity contribution in [1.82, 2.24) is 0 Å². The SMILES string of the molecule is COc1cc(Cl)c(C(Cl)Cc2ccc(F)cc2)cc1OC. The van der Waals surface area contributed by atoms with Crippen molar-refractivity contribution in [3.63, 3.8) is 0 Å². The molecule has 0 radical (unpaired) electrons. The van der Waals surface area contributed by atoms with Gasteiger partial charge in [0.05, 0.1) is 19.6 Å². The topological polar surface area (TPSA) is 18.5 Å². The van der Waals surface area contributed by atoms with Gasteiger partial charge in [-0.2, -0.15) is 0 Å². The summed E-state index contributed by atoms with van der Waals surface area (Å²) in [6, 6.07) is 9.68. The molecule has 0 aliphatic rings. The molecule has 5 heteroatoms. The second-order valence-corrected chi connectivity index (χ2v) is 5.46. The minimum atomic E-state index is -0.345. The largest absolute Gasteiger partial charge is 0.493 e. The van der Waals surface area contributed by atoms with Crippen LogP contribution >= 0.6 is 23.2 Å². The molecule has 0 bridgehead atoms. The average molecular weight is 329 g/mol. The van der Waals surface area contributed by atoms with Gasteiger partial charge in [-0.3, -0.25) is 0 Å². The number of benzene rings is 2. The lowest BCUT2D eigenvalue weighted by Gasteiger charge is -2.15. The van der Waals surface area contributed by atoms with Gasteiger partial charge in [-0.05, 0) is 35.7 Å². The van der Waals surface area contributed by atoms with Gasteiger partial charge in [0.2, 0.25) is 0 Å². The van der Waals surface area contributed by atoms with Crippen LogP contribution in [0.2, 0.25) is 5.02 Å². The minimum absolute atomic E-state index is 0.269. The zero-order valence-electron chi connectivity index (χ0n) is 11.7. The Morgan fingerprint density at radius 3 is 2.19 bits per heavy atom. The molecule has 0 amide bonds. The standard InChI is InChI=1S/C16H15Cl2FO2/c1-20-15-8-12(14(18)9-16(15)21-2)13(17)7-10-3-5-11(19)6-4-10/h3-6,8-9,13H,7H2,1-2H3. The molecular formula is C16H15Cl2FO2. The molecule has 0 fully saturated rings. The van der Waals surface area contributed by atoms with Crippen molar-refractivity contribution in [2.75, 3.05) is 14.2 Å². The lowest BCUT2D eigenvalue weighted by molar-refractivity contribution is 0.354. The summed E-state index contributed by atoms with van der Waals surface area (Å²) in [4.78, 5) is 0. The smallest absolute Gasteiger partial charge is 0.162 e. The monoisotopic (exact) mass is 328 g/mol. The van der Waals surface area contributed by atoms with Crippen molar-refractivity contribution in [3.05, 3.63) is 58.4 Å². The first-order valence-corrected chi connectivity index (χ1v) is 7.16. The Morgan fingerprint density at radius 2 is 1.62 bits per heavy atom. The molecule has 0 aliphatic heterocycles. The van der Waals surface area contributed by atoms with E-state index in [0.29, 0.717) is 22.9 Å². The van der Waals surface area contributed by atoms with Crippen LogP contribution in [-0.2, 0) is 6.42 Å². The minimum Gasteiger partial charge on any atom is -0.493 e. The third-order valence-electron chi connectivity index (χ3n) is 3.17. The van der Waals surface area contributed by atoms with Gasteiger partial charge in [0.25, 0.3) is 0 Å². The molecular weight excluding hydrogens is 314 g/mol. The number of hydrogen-bond acceptors (Lipinski definition) is 2. The fraction of sp³-hybridized carbons (Fsp3) is 0.250. The number of halogens is 3. The second kappa shape index (κ2) is 7.01. The highest BCUT2D eigenvalue weighted by Crippen LogP contribution is 2.38. The van der Waals surface area contributed by atoms with E-state index in [2.05, 4.69) is 0 Å². The van der Waals surface area contributed by atoms with E-state index in [1.165, 1.54) is 12.1 Å². The van der Waals surface area contributed by atoms with Gasteiger partial charge >= 0.3 is 0 Å². The summed E-state index contributed by atoms with van der Waals surface area (Å²) in [6.07, 6.45) is 0.539. The first kappa shape index (κ1) is 15.9. The van der Waals surface area contributed by atoms with Crippen LogP contribution in [-0.4, -0.2) is 14.2 Å². The summed E-state index contributed by atoms with van der Waals surface area (Å²) in [6.45, 7) is 0. The van der Waals surface area contributed by atoms with Crippen LogP contribution in [0.1, 0.15) is 16.5 Å². The molecule has 112 valence electrons. The van der Waals surface area contributed by atoms with E-state index >= 15 is 0 Å². The maximum Gasteiger partial charge on any atom is 0.162 e. The Hall–Kier alpha value is -1.45. The van der Waals surface area contributed by atoms with Crippen molar-refractivity contribution < 1.29 is 13.9 Å². The highest BCUT2D eigenvalue weighted by Gasteiger charge is 2.17. The molecule has 2 rings (SSSR count). The number of methoxy groups -OCH3 is 2. The van der Waals surface area contributed by atoms with E-state index < -0.39 is 0 Å². The molecule has 2 nitrogen and oxygen atoms in total. The van der Waals surface area contributed by atoms with Crippen molar-refractivity contribution >= 4 is 23.2 Å². The number of ether oxygens (including phenoxy) is 2. The van der Waals surface area contributed by atoms with E-state index in [9.17, 15) is 4.39 Å². The molecule has 21 heavy (non-hydrogen) atoms. The third kappa shape index (κ3) is 3.80. The summed E-state index contributed by atoms with van der Waals surface area (Å²) >= 11 is 12.7. The Kier molecular flexibility index (Phi) is 5.32. The van der Waals surface area contributed by atoms with E-state index in [1.807, 2.05) is 0 Å². The highest BCUT2D eigenvalue weighted by atomic mass is 35.5. The fourth-order valence-corrected chi connectivity index (χ4v) is 2.75. The highest BCUT2D eigenvalue weighted by molar-refractivity contribution is 6.33. The van der Waals surface area contributed by atoms with Crippen LogP contribution in [0, 0.1) is 5.82 Å². The van der Waals surface area contributed by atoms with Crippen LogP contribution in [0.4, 0.5) is 4.39 Å². The van der Waals surface area contributed by atoms with Crippen LogP contribution in [0.3, 0.4) is 0 Å². The third-order valence-corrected chi connectivity index (χ3v) is 3.89. The van der Waals surface area contributed by atoms with Gasteiger partial charge in [0, 0.05) is 11.1 Å². The summed E-state index contributed by atoms with van der Waals surface area (Å²) < 4.78 is 23.4. The molecule has 1 atom stereocenters. The van der Waals surface area contributed by atoms with Gasteiger partial charge in [0.1, 0.15) is 5.82 Å². The first-order chi connectivity index (χ1) is 10.0. The van der Waals surface area contributed by atoms with E-state index in [0.717, 1.165) is 11.1 Å². The first-order valence-electron chi connectivity index (χ1n) is 6.35. The number of alkyl halides is 1. The van der Waals surface area contributed by atoms with E-state index in [4.69, 9.17) is 32.7 Å². The molecule has 2 aromatic rings. The van der Waals surface area contributed by atoms with Crippen LogP contribution < -0.4 is 9.47 Å². The van der Waals surface area contributed by atoms with Gasteiger partial charge in [-0.25, -0.2) is 4.39 Å². The average Bonchev–Trinajstić information content (AvgIpc) is 2.49. The van der Waals surface area contributed by atoms with Gasteiger partial charge < -0.3 is 9.47 Å². The predicted octanol–water partition coefficient (Wildman–Crippen LogP) is 5.02.